The van der Waals surface area contributed by atoms with Gasteiger partial charge >= 0.3 is 0 Å². The van der Waals surface area contributed by atoms with Crippen molar-refractivity contribution in [2.24, 2.45) is 0 Å². The first-order valence-electron chi connectivity index (χ1n) is 4.73. The smallest absolute Gasteiger partial charge is 0.0620 e. The molecule has 1 heterocycles. The lowest BCUT2D eigenvalue weighted by molar-refractivity contribution is 1.22. The van der Waals surface area contributed by atoms with Crippen LogP contribution < -0.4 is 5.32 Å². The fourth-order valence-electron chi connectivity index (χ4n) is 1.66. The predicted molar refractivity (Wildman–Crippen MR) is 64.9 cm³/mol. The van der Waals surface area contributed by atoms with E-state index in [4.69, 9.17) is 0 Å². The molecule has 0 unspecified atom stereocenters. The van der Waals surface area contributed by atoms with E-state index in [9.17, 15) is 0 Å². The van der Waals surface area contributed by atoms with Crippen molar-refractivity contribution in [1.29, 1.82) is 0 Å². The molecule has 0 aliphatic heterocycles. The Morgan fingerprint density at radius 2 is 2.21 bits per heavy atom. The van der Waals surface area contributed by atoms with Crippen LogP contribution in [0.4, 0.5) is 5.69 Å². The van der Waals surface area contributed by atoms with Gasteiger partial charge in [0, 0.05) is 22.6 Å². The summed E-state index contributed by atoms with van der Waals surface area (Å²) in [5.74, 6) is 0. The maximum Gasteiger partial charge on any atom is 0.0620 e. The van der Waals surface area contributed by atoms with Crippen molar-refractivity contribution in [1.82, 2.24) is 4.98 Å². The molecule has 0 aliphatic rings. The average molecular weight is 253 g/mol. The summed E-state index contributed by atoms with van der Waals surface area (Å²) in [5.41, 5.74) is 3.60. The second-order valence-electron chi connectivity index (χ2n) is 3.40. The van der Waals surface area contributed by atoms with Crippen molar-refractivity contribution in [2.75, 3.05) is 11.9 Å². The molecule has 0 saturated carbocycles. The Bertz CT molecular complexity index is 460. The third-order valence-electron chi connectivity index (χ3n) is 2.25. The molecule has 74 valence electrons. The molecule has 0 spiro atoms. The van der Waals surface area contributed by atoms with Crippen LogP contribution in [0, 0.1) is 6.92 Å². The van der Waals surface area contributed by atoms with Gasteiger partial charge in [0.15, 0.2) is 0 Å². The molecule has 0 fully saturated rings. The molecule has 3 heteroatoms. The van der Waals surface area contributed by atoms with Crippen molar-refractivity contribution >= 4 is 32.5 Å². The number of benzene rings is 1. The number of hydrogen-bond donors (Lipinski definition) is 2. The summed E-state index contributed by atoms with van der Waals surface area (Å²) in [7, 11) is 0. The van der Waals surface area contributed by atoms with Crippen LogP contribution in [0.15, 0.2) is 22.8 Å². The van der Waals surface area contributed by atoms with Gasteiger partial charge in [0.25, 0.3) is 0 Å². The van der Waals surface area contributed by atoms with E-state index in [0.29, 0.717) is 0 Å². The second kappa shape index (κ2) is 3.65. The Morgan fingerprint density at radius 1 is 1.43 bits per heavy atom. The van der Waals surface area contributed by atoms with Gasteiger partial charge in [0.1, 0.15) is 0 Å². The molecule has 0 saturated heterocycles. The van der Waals surface area contributed by atoms with Crippen molar-refractivity contribution in [3.05, 3.63) is 28.4 Å². The quantitative estimate of drug-likeness (QED) is 0.839. The van der Waals surface area contributed by atoms with Crippen LogP contribution in [0.1, 0.15) is 12.5 Å². The lowest BCUT2D eigenvalue weighted by Gasteiger charge is -2.02. The molecule has 2 N–H and O–H groups in total. The Hall–Kier alpha value is -0.960. The highest BCUT2D eigenvalue weighted by molar-refractivity contribution is 9.10. The molecule has 0 bridgehead atoms. The SMILES string of the molecule is CCNc1c[nH]c2c(Br)cc(C)cc12. The minimum absolute atomic E-state index is 0.943. The predicted octanol–water partition coefficient (Wildman–Crippen LogP) is 3.67. The van der Waals surface area contributed by atoms with E-state index >= 15 is 0 Å². The Kier molecular flexibility index (Phi) is 2.50. The maximum atomic E-state index is 3.55. The number of H-pyrrole nitrogens is 1. The van der Waals surface area contributed by atoms with Crippen LogP contribution in [-0.2, 0) is 0 Å². The van der Waals surface area contributed by atoms with E-state index < -0.39 is 0 Å². The number of halogens is 1. The number of nitrogens with one attached hydrogen (secondary N) is 2. The molecule has 1 aromatic carbocycles. The van der Waals surface area contributed by atoms with Gasteiger partial charge < -0.3 is 10.3 Å². The first kappa shape index (κ1) is 9.59. The molecule has 0 atom stereocenters. The van der Waals surface area contributed by atoms with Gasteiger partial charge in [0.2, 0.25) is 0 Å². The first-order chi connectivity index (χ1) is 6.72. The molecule has 0 aliphatic carbocycles. The highest BCUT2D eigenvalue weighted by Crippen LogP contribution is 2.30. The zero-order valence-corrected chi connectivity index (χ0v) is 9.90. The number of aromatic nitrogens is 1. The summed E-state index contributed by atoms with van der Waals surface area (Å²) in [5, 5.41) is 4.58. The van der Waals surface area contributed by atoms with E-state index in [-0.39, 0.29) is 0 Å². The van der Waals surface area contributed by atoms with E-state index in [0.717, 1.165) is 16.5 Å². The van der Waals surface area contributed by atoms with Crippen LogP contribution in [0.25, 0.3) is 10.9 Å². The number of hydrogen-bond acceptors (Lipinski definition) is 1. The van der Waals surface area contributed by atoms with Crippen molar-refractivity contribution < 1.29 is 0 Å². The molecule has 2 nitrogen and oxygen atoms in total. The monoisotopic (exact) mass is 252 g/mol. The third-order valence-corrected chi connectivity index (χ3v) is 2.88. The van der Waals surface area contributed by atoms with E-state index in [2.05, 4.69) is 52.2 Å². The molecule has 2 rings (SSSR count). The van der Waals surface area contributed by atoms with E-state index in [1.54, 1.807) is 0 Å². The summed E-state index contributed by atoms with van der Waals surface area (Å²) >= 11 is 3.55. The summed E-state index contributed by atoms with van der Waals surface area (Å²) in [4.78, 5) is 3.26. The summed E-state index contributed by atoms with van der Waals surface area (Å²) < 4.78 is 1.12. The number of aromatic amines is 1. The van der Waals surface area contributed by atoms with Gasteiger partial charge in [-0.25, -0.2) is 0 Å². The molecule has 14 heavy (non-hydrogen) atoms. The molecular weight excluding hydrogens is 240 g/mol. The lowest BCUT2D eigenvalue weighted by atomic mass is 10.1. The largest absolute Gasteiger partial charge is 0.384 e. The summed E-state index contributed by atoms with van der Waals surface area (Å²) in [6, 6.07) is 4.31. The molecule has 2 aromatic rings. The summed E-state index contributed by atoms with van der Waals surface area (Å²) in [6.07, 6.45) is 2.01. The second-order valence-corrected chi connectivity index (χ2v) is 4.26. The van der Waals surface area contributed by atoms with Crippen molar-refractivity contribution in [3.63, 3.8) is 0 Å². The van der Waals surface area contributed by atoms with Crippen molar-refractivity contribution in [2.45, 2.75) is 13.8 Å². The van der Waals surface area contributed by atoms with Gasteiger partial charge in [-0.15, -0.1) is 0 Å². The normalized spacial score (nSPS) is 10.8. The van der Waals surface area contributed by atoms with Gasteiger partial charge in [-0.1, -0.05) is 0 Å². The Morgan fingerprint density at radius 3 is 2.93 bits per heavy atom. The fraction of sp³-hybridized carbons (Fsp3) is 0.273. The zero-order chi connectivity index (χ0) is 10.1. The van der Waals surface area contributed by atoms with Crippen LogP contribution in [0.5, 0.6) is 0 Å². The van der Waals surface area contributed by atoms with Crippen LogP contribution in [0.3, 0.4) is 0 Å². The number of fused-ring (bicyclic) bond motifs is 1. The highest BCUT2D eigenvalue weighted by atomic mass is 79.9. The number of aryl methyl sites for hydroxylation is 1. The fourth-order valence-corrected chi connectivity index (χ4v) is 2.35. The van der Waals surface area contributed by atoms with Gasteiger partial charge in [-0.05, 0) is 47.5 Å². The minimum atomic E-state index is 0.943. The number of anilines is 1. The average Bonchev–Trinajstić information content (AvgIpc) is 2.49. The van der Waals surface area contributed by atoms with Crippen LogP contribution in [0.2, 0.25) is 0 Å². The number of rotatable bonds is 2. The lowest BCUT2D eigenvalue weighted by Crippen LogP contribution is -1.94. The topological polar surface area (TPSA) is 27.8 Å². The minimum Gasteiger partial charge on any atom is -0.384 e. The molecule has 1 aromatic heterocycles. The zero-order valence-electron chi connectivity index (χ0n) is 8.32. The standard InChI is InChI=1S/C11H13BrN2/c1-3-13-10-6-14-11-8(10)4-7(2)5-9(11)12/h4-6,13-14H,3H2,1-2H3. The van der Waals surface area contributed by atoms with Gasteiger partial charge in [0.05, 0.1) is 11.2 Å². The summed E-state index contributed by atoms with van der Waals surface area (Å²) in [6.45, 7) is 5.15. The third kappa shape index (κ3) is 1.52. The molecular formula is C11H13BrN2. The molecule has 0 radical (unpaired) electrons. The Labute approximate surface area is 91.8 Å². The highest BCUT2D eigenvalue weighted by Gasteiger charge is 2.05. The molecule has 0 amide bonds. The maximum absolute atomic E-state index is 3.55. The van der Waals surface area contributed by atoms with E-state index in [1.807, 2.05) is 6.20 Å². The van der Waals surface area contributed by atoms with E-state index in [1.165, 1.54) is 16.6 Å². The van der Waals surface area contributed by atoms with Crippen LogP contribution >= 0.6 is 15.9 Å². The first-order valence-corrected chi connectivity index (χ1v) is 5.52. The van der Waals surface area contributed by atoms with Gasteiger partial charge in [-0.2, -0.15) is 0 Å². The van der Waals surface area contributed by atoms with Crippen molar-refractivity contribution in [3.8, 4) is 0 Å². The Balaban J connectivity index is 2.66. The van der Waals surface area contributed by atoms with Gasteiger partial charge in [-0.3, -0.25) is 0 Å². The van der Waals surface area contributed by atoms with Crippen LogP contribution in [-0.4, -0.2) is 11.5 Å².